The normalized spacial score (nSPS) is 17.9. The molecule has 5 heteroatoms. The smallest absolute Gasteiger partial charge is 0.228 e. The summed E-state index contributed by atoms with van der Waals surface area (Å²) in [5, 5.41) is 12.5. The lowest BCUT2D eigenvalue weighted by atomic mass is 10.1. The van der Waals surface area contributed by atoms with Crippen LogP contribution >= 0.6 is 11.8 Å². The molecule has 0 bridgehead atoms. The molecule has 1 atom stereocenters. The molecular weight excluding hydrogens is 308 g/mol. The second-order valence-electron chi connectivity index (χ2n) is 6.37. The number of hydrogen-bond donors (Lipinski definition) is 2. The molecule has 0 unspecified atom stereocenters. The molecule has 0 aliphatic carbocycles. The Morgan fingerprint density at radius 1 is 1.35 bits per heavy atom. The molecule has 23 heavy (non-hydrogen) atoms. The first-order chi connectivity index (χ1) is 11.1. The Balaban J connectivity index is 1.77. The van der Waals surface area contributed by atoms with Crippen LogP contribution in [-0.4, -0.2) is 53.7 Å². The van der Waals surface area contributed by atoms with Crippen molar-refractivity contribution in [1.29, 1.82) is 0 Å². The van der Waals surface area contributed by atoms with Gasteiger partial charge in [-0.1, -0.05) is 19.1 Å². The van der Waals surface area contributed by atoms with Crippen LogP contribution in [0.15, 0.2) is 24.3 Å². The van der Waals surface area contributed by atoms with E-state index in [9.17, 15) is 9.90 Å². The fourth-order valence-electron chi connectivity index (χ4n) is 2.78. The summed E-state index contributed by atoms with van der Waals surface area (Å²) in [6, 6.07) is 8.15. The number of anilines is 1. The molecule has 1 aliphatic rings. The maximum atomic E-state index is 12.0. The van der Waals surface area contributed by atoms with Gasteiger partial charge in [-0.15, -0.1) is 0 Å². The van der Waals surface area contributed by atoms with E-state index in [1.807, 2.05) is 25.3 Å². The monoisotopic (exact) mass is 336 g/mol. The van der Waals surface area contributed by atoms with E-state index in [4.69, 9.17) is 0 Å². The molecule has 1 aromatic rings. The zero-order valence-electron chi connectivity index (χ0n) is 14.1. The molecule has 1 heterocycles. The van der Waals surface area contributed by atoms with Crippen molar-refractivity contribution in [2.75, 3.05) is 37.0 Å². The lowest BCUT2D eigenvalue weighted by molar-refractivity contribution is -0.118. The summed E-state index contributed by atoms with van der Waals surface area (Å²) in [6.07, 6.45) is 4.69. The first-order valence-electron chi connectivity index (χ1n) is 8.37. The van der Waals surface area contributed by atoms with Crippen molar-refractivity contribution in [1.82, 2.24) is 4.90 Å². The van der Waals surface area contributed by atoms with E-state index >= 15 is 0 Å². The van der Waals surface area contributed by atoms with E-state index in [-0.39, 0.29) is 17.9 Å². The van der Waals surface area contributed by atoms with Crippen LogP contribution in [0.4, 0.5) is 5.69 Å². The second-order valence-corrected chi connectivity index (χ2v) is 7.28. The van der Waals surface area contributed by atoms with Crippen LogP contribution in [0.5, 0.6) is 0 Å². The Morgan fingerprint density at radius 3 is 2.61 bits per heavy atom. The number of aliphatic hydroxyl groups is 1. The average molecular weight is 337 g/mol. The highest BCUT2D eigenvalue weighted by molar-refractivity contribution is 7.98. The Bertz CT molecular complexity index is 484. The molecule has 1 fully saturated rings. The van der Waals surface area contributed by atoms with Gasteiger partial charge < -0.3 is 15.3 Å². The molecule has 1 aromatic carbocycles. The van der Waals surface area contributed by atoms with Gasteiger partial charge >= 0.3 is 0 Å². The molecule has 2 rings (SSSR count). The highest BCUT2D eigenvalue weighted by Crippen LogP contribution is 2.15. The largest absolute Gasteiger partial charge is 0.393 e. The van der Waals surface area contributed by atoms with Crippen molar-refractivity contribution >= 4 is 23.4 Å². The van der Waals surface area contributed by atoms with Crippen molar-refractivity contribution < 1.29 is 9.90 Å². The Morgan fingerprint density at radius 2 is 2.00 bits per heavy atom. The molecular formula is C18H28N2O2S. The van der Waals surface area contributed by atoms with Crippen LogP contribution in [0.2, 0.25) is 0 Å². The van der Waals surface area contributed by atoms with Crippen molar-refractivity contribution in [3.8, 4) is 0 Å². The van der Waals surface area contributed by atoms with Gasteiger partial charge in [-0.2, -0.15) is 11.8 Å². The number of nitrogens with zero attached hydrogens (tertiary/aromatic N) is 1. The number of piperidine rings is 1. The van der Waals surface area contributed by atoms with E-state index in [1.54, 1.807) is 11.8 Å². The zero-order valence-corrected chi connectivity index (χ0v) is 14.9. The van der Waals surface area contributed by atoms with E-state index in [2.05, 4.69) is 22.3 Å². The summed E-state index contributed by atoms with van der Waals surface area (Å²) in [5.74, 6) is 0.951. The summed E-state index contributed by atoms with van der Waals surface area (Å²) < 4.78 is 0. The van der Waals surface area contributed by atoms with Crippen LogP contribution in [0.3, 0.4) is 0 Å². The van der Waals surface area contributed by atoms with Gasteiger partial charge in [-0.3, -0.25) is 4.79 Å². The number of carbonyl (C=O) groups is 1. The fourth-order valence-corrected chi connectivity index (χ4v) is 3.43. The van der Waals surface area contributed by atoms with Crippen molar-refractivity contribution in [3.63, 3.8) is 0 Å². The van der Waals surface area contributed by atoms with Gasteiger partial charge in [0.25, 0.3) is 0 Å². The van der Waals surface area contributed by atoms with Crippen LogP contribution in [0.25, 0.3) is 0 Å². The Kier molecular flexibility index (Phi) is 7.40. The van der Waals surface area contributed by atoms with E-state index in [0.717, 1.165) is 50.3 Å². The number of benzene rings is 1. The van der Waals surface area contributed by atoms with Crippen LogP contribution in [0.1, 0.15) is 25.3 Å². The van der Waals surface area contributed by atoms with E-state index in [1.165, 1.54) is 5.56 Å². The summed E-state index contributed by atoms with van der Waals surface area (Å²) in [7, 11) is 0. The first kappa shape index (κ1) is 18.3. The molecule has 1 saturated heterocycles. The summed E-state index contributed by atoms with van der Waals surface area (Å²) in [5.41, 5.74) is 2.15. The number of rotatable bonds is 7. The molecule has 1 aliphatic heterocycles. The SMILES string of the molecule is CSC[C@@H](C)C(=O)Nc1ccc(CCN2CCC(O)CC2)cc1. The molecule has 4 nitrogen and oxygen atoms in total. The number of likely N-dealkylation sites (tertiary alicyclic amines) is 1. The fraction of sp³-hybridized carbons (Fsp3) is 0.611. The highest BCUT2D eigenvalue weighted by atomic mass is 32.2. The van der Waals surface area contributed by atoms with Gasteiger partial charge in [-0.25, -0.2) is 0 Å². The summed E-state index contributed by atoms with van der Waals surface area (Å²) in [6.45, 7) is 4.96. The molecule has 0 spiro atoms. The zero-order chi connectivity index (χ0) is 16.7. The van der Waals surface area contributed by atoms with Gasteiger partial charge in [-0.05, 0) is 43.2 Å². The lowest BCUT2D eigenvalue weighted by Gasteiger charge is -2.29. The first-order valence-corrected chi connectivity index (χ1v) is 9.77. The predicted molar refractivity (Wildman–Crippen MR) is 98.0 cm³/mol. The second kappa shape index (κ2) is 9.30. The van der Waals surface area contributed by atoms with Gasteiger partial charge in [0.1, 0.15) is 0 Å². The standard InChI is InChI=1S/C18H28N2O2S/c1-14(13-23-2)18(22)19-16-5-3-15(4-6-16)7-10-20-11-8-17(21)9-12-20/h3-6,14,17,21H,7-13H2,1-2H3,(H,19,22)/t14-/m1/s1. The molecule has 0 saturated carbocycles. The van der Waals surface area contributed by atoms with Crippen molar-refractivity contribution in [2.24, 2.45) is 5.92 Å². The van der Waals surface area contributed by atoms with Crippen LogP contribution in [0, 0.1) is 5.92 Å². The van der Waals surface area contributed by atoms with Crippen molar-refractivity contribution in [3.05, 3.63) is 29.8 Å². The number of amides is 1. The Hall–Kier alpha value is -1.04. The predicted octanol–water partition coefficient (Wildman–Crippen LogP) is 2.62. The minimum atomic E-state index is -0.109. The van der Waals surface area contributed by atoms with Gasteiger partial charge in [0.2, 0.25) is 5.91 Å². The maximum absolute atomic E-state index is 12.0. The Labute approximate surface area is 143 Å². The van der Waals surface area contributed by atoms with Crippen molar-refractivity contribution in [2.45, 2.75) is 32.3 Å². The number of nitrogens with one attached hydrogen (secondary N) is 1. The summed E-state index contributed by atoms with van der Waals surface area (Å²) >= 11 is 1.69. The van der Waals surface area contributed by atoms with E-state index in [0.29, 0.717) is 0 Å². The maximum Gasteiger partial charge on any atom is 0.228 e. The topological polar surface area (TPSA) is 52.6 Å². The molecule has 0 radical (unpaired) electrons. The number of thioether (sulfide) groups is 1. The molecule has 128 valence electrons. The van der Waals surface area contributed by atoms with Gasteiger partial charge in [0.05, 0.1) is 6.10 Å². The molecule has 1 amide bonds. The molecule has 2 N–H and O–H groups in total. The number of aliphatic hydroxyl groups excluding tert-OH is 1. The molecule has 0 aromatic heterocycles. The minimum Gasteiger partial charge on any atom is -0.393 e. The third-order valence-corrected chi connectivity index (χ3v) is 5.19. The summed E-state index contributed by atoms with van der Waals surface area (Å²) in [4.78, 5) is 14.4. The minimum absolute atomic E-state index is 0.0270. The van der Waals surface area contributed by atoms with Gasteiger partial charge in [0, 0.05) is 37.0 Å². The number of hydrogen-bond acceptors (Lipinski definition) is 4. The van der Waals surface area contributed by atoms with Crippen LogP contribution < -0.4 is 5.32 Å². The highest BCUT2D eigenvalue weighted by Gasteiger charge is 2.16. The number of carbonyl (C=O) groups excluding carboxylic acids is 1. The average Bonchev–Trinajstić information content (AvgIpc) is 2.56. The quantitative estimate of drug-likeness (QED) is 0.804. The third-order valence-electron chi connectivity index (χ3n) is 4.36. The lowest BCUT2D eigenvalue weighted by Crippen LogP contribution is -2.37. The van der Waals surface area contributed by atoms with Gasteiger partial charge in [0.15, 0.2) is 0 Å². The third kappa shape index (κ3) is 6.16. The van der Waals surface area contributed by atoms with Crippen LogP contribution in [-0.2, 0) is 11.2 Å². The van der Waals surface area contributed by atoms with E-state index < -0.39 is 0 Å².